The summed E-state index contributed by atoms with van der Waals surface area (Å²) in [5.74, 6) is -0.207. The lowest BCUT2D eigenvalue weighted by Gasteiger charge is -2.04. The number of halogens is 1. The summed E-state index contributed by atoms with van der Waals surface area (Å²) >= 11 is 7.40. The summed E-state index contributed by atoms with van der Waals surface area (Å²) in [6.07, 6.45) is 4.08. The molecule has 0 aliphatic heterocycles. The second-order valence-corrected chi connectivity index (χ2v) is 5.88. The van der Waals surface area contributed by atoms with Gasteiger partial charge in [0.2, 0.25) is 5.13 Å². The van der Waals surface area contributed by atoms with E-state index in [1.54, 1.807) is 41.3 Å². The summed E-state index contributed by atoms with van der Waals surface area (Å²) in [4.78, 5) is 16.7. The van der Waals surface area contributed by atoms with E-state index in [-0.39, 0.29) is 5.91 Å². The summed E-state index contributed by atoms with van der Waals surface area (Å²) in [7, 11) is 0. The maximum Gasteiger partial charge on any atom is 0.259 e. The number of anilines is 1. The molecule has 1 aromatic carbocycles. The molecule has 7 heteroatoms. The molecule has 2 aromatic heterocycles. The number of benzene rings is 1. The summed E-state index contributed by atoms with van der Waals surface area (Å²) in [6.45, 7) is 1.96. The van der Waals surface area contributed by atoms with Crippen LogP contribution >= 0.6 is 22.9 Å². The van der Waals surface area contributed by atoms with Crippen LogP contribution in [0.15, 0.2) is 42.0 Å². The molecule has 112 valence electrons. The van der Waals surface area contributed by atoms with Crippen LogP contribution in [0.4, 0.5) is 5.69 Å². The van der Waals surface area contributed by atoms with Crippen molar-refractivity contribution in [2.45, 2.75) is 13.3 Å². The van der Waals surface area contributed by atoms with Crippen molar-refractivity contribution in [1.29, 1.82) is 0 Å². The molecule has 0 saturated heterocycles. The van der Waals surface area contributed by atoms with E-state index in [0.717, 1.165) is 10.8 Å². The highest BCUT2D eigenvalue weighted by atomic mass is 35.5. The molecule has 0 saturated carbocycles. The summed E-state index contributed by atoms with van der Waals surface area (Å²) < 4.78 is 1.64. The van der Waals surface area contributed by atoms with Crippen LogP contribution in [0.1, 0.15) is 23.0 Å². The standard InChI is InChI=1S/C15H13ClN4OS/c1-2-13-12(9-20(19-13)15-17-6-7-22-15)14(21)18-11-5-3-4-10(16)8-11/h3-9H,2H2,1H3,(H,18,21). The quantitative estimate of drug-likeness (QED) is 0.790. The van der Waals surface area contributed by atoms with Crippen LogP contribution in [0, 0.1) is 0 Å². The smallest absolute Gasteiger partial charge is 0.259 e. The van der Waals surface area contributed by atoms with Crippen molar-refractivity contribution >= 4 is 34.5 Å². The number of hydrogen-bond donors (Lipinski definition) is 1. The van der Waals surface area contributed by atoms with Crippen molar-refractivity contribution in [3.63, 3.8) is 0 Å². The largest absolute Gasteiger partial charge is 0.322 e. The average Bonchev–Trinajstić information content (AvgIpc) is 3.16. The van der Waals surface area contributed by atoms with Gasteiger partial charge in [0.25, 0.3) is 5.91 Å². The van der Waals surface area contributed by atoms with Crippen LogP contribution in [0.25, 0.3) is 5.13 Å². The van der Waals surface area contributed by atoms with Gasteiger partial charge in [0.05, 0.1) is 11.3 Å². The molecule has 0 aliphatic carbocycles. The molecule has 1 N–H and O–H groups in total. The van der Waals surface area contributed by atoms with Gasteiger partial charge in [-0.25, -0.2) is 9.67 Å². The average molecular weight is 333 g/mol. The monoisotopic (exact) mass is 332 g/mol. The predicted molar refractivity (Wildman–Crippen MR) is 88.0 cm³/mol. The van der Waals surface area contributed by atoms with E-state index < -0.39 is 0 Å². The molecule has 0 radical (unpaired) electrons. The number of aromatic nitrogens is 3. The fourth-order valence-corrected chi connectivity index (χ4v) is 2.81. The van der Waals surface area contributed by atoms with Crippen molar-refractivity contribution in [3.05, 3.63) is 58.3 Å². The first kappa shape index (κ1) is 14.7. The minimum Gasteiger partial charge on any atom is -0.322 e. The molecule has 2 heterocycles. The molecule has 0 atom stereocenters. The Hall–Kier alpha value is -2.18. The van der Waals surface area contributed by atoms with Gasteiger partial charge < -0.3 is 5.32 Å². The molecular weight excluding hydrogens is 320 g/mol. The van der Waals surface area contributed by atoms with Crippen LogP contribution in [-0.4, -0.2) is 20.7 Å². The molecule has 0 aliphatic rings. The number of aryl methyl sites for hydroxylation is 1. The summed E-state index contributed by atoms with van der Waals surface area (Å²) in [5, 5.41) is 10.4. The number of amides is 1. The van der Waals surface area contributed by atoms with Crippen LogP contribution in [0.5, 0.6) is 0 Å². The Balaban J connectivity index is 1.88. The SMILES string of the molecule is CCc1nn(-c2nccs2)cc1C(=O)Nc1cccc(Cl)c1. The molecule has 0 spiro atoms. The number of hydrogen-bond acceptors (Lipinski definition) is 4. The van der Waals surface area contributed by atoms with E-state index >= 15 is 0 Å². The zero-order valence-electron chi connectivity index (χ0n) is 11.8. The van der Waals surface area contributed by atoms with Gasteiger partial charge >= 0.3 is 0 Å². The topological polar surface area (TPSA) is 59.8 Å². The first-order valence-corrected chi connectivity index (χ1v) is 7.98. The molecule has 0 bridgehead atoms. The Labute approximate surface area is 136 Å². The number of nitrogens with zero attached hydrogens (tertiary/aromatic N) is 3. The lowest BCUT2D eigenvalue weighted by atomic mass is 10.2. The third-order valence-electron chi connectivity index (χ3n) is 3.07. The summed E-state index contributed by atoms with van der Waals surface area (Å²) in [6, 6.07) is 7.05. The van der Waals surface area contributed by atoms with Crippen LogP contribution in [0.2, 0.25) is 5.02 Å². The Morgan fingerprint density at radius 2 is 2.32 bits per heavy atom. The Bertz CT molecular complexity index is 798. The second kappa shape index (κ2) is 6.29. The van der Waals surface area contributed by atoms with E-state index in [2.05, 4.69) is 15.4 Å². The van der Waals surface area contributed by atoms with Gasteiger partial charge in [-0.2, -0.15) is 5.10 Å². The Kier molecular flexibility index (Phi) is 4.22. The molecule has 3 rings (SSSR count). The van der Waals surface area contributed by atoms with E-state index in [0.29, 0.717) is 22.7 Å². The molecule has 3 aromatic rings. The van der Waals surface area contributed by atoms with Gasteiger partial charge in [0, 0.05) is 28.5 Å². The fraction of sp³-hybridized carbons (Fsp3) is 0.133. The van der Waals surface area contributed by atoms with Crippen LogP contribution in [0.3, 0.4) is 0 Å². The van der Waals surface area contributed by atoms with E-state index in [9.17, 15) is 4.79 Å². The molecule has 0 unspecified atom stereocenters. The zero-order chi connectivity index (χ0) is 15.5. The number of nitrogens with one attached hydrogen (secondary N) is 1. The fourth-order valence-electron chi connectivity index (χ4n) is 2.05. The number of thiazole rings is 1. The number of carbonyl (C=O) groups excluding carboxylic acids is 1. The molecule has 1 amide bonds. The molecule has 5 nitrogen and oxygen atoms in total. The zero-order valence-corrected chi connectivity index (χ0v) is 13.4. The van der Waals surface area contributed by atoms with E-state index in [1.807, 2.05) is 12.3 Å². The normalized spacial score (nSPS) is 10.6. The van der Waals surface area contributed by atoms with E-state index in [4.69, 9.17) is 11.6 Å². The minimum absolute atomic E-state index is 0.207. The number of rotatable bonds is 4. The van der Waals surface area contributed by atoms with Gasteiger partial charge in [0.15, 0.2) is 0 Å². The first-order chi connectivity index (χ1) is 10.7. The minimum atomic E-state index is -0.207. The van der Waals surface area contributed by atoms with Gasteiger partial charge in [-0.15, -0.1) is 11.3 Å². The number of carbonyl (C=O) groups is 1. The van der Waals surface area contributed by atoms with Crippen LogP contribution in [-0.2, 0) is 6.42 Å². The van der Waals surface area contributed by atoms with E-state index in [1.165, 1.54) is 11.3 Å². The van der Waals surface area contributed by atoms with Gasteiger partial charge in [-0.1, -0.05) is 24.6 Å². The predicted octanol–water partition coefficient (Wildman–Crippen LogP) is 3.80. The first-order valence-electron chi connectivity index (χ1n) is 6.72. The second-order valence-electron chi connectivity index (χ2n) is 4.57. The van der Waals surface area contributed by atoms with Crippen molar-refractivity contribution in [2.24, 2.45) is 0 Å². The van der Waals surface area contributed by atoms with Crippen molar-refractivity contribution in [3.8, 4) is 5.13 Å². The van der Waals surface area contributed by atoms with Crippen molar-refractivity contribution in [1.82, 2.24) is 14.8 Å². The highest BCUT2D eigenvalue weighted by Gasteiger charge is 2.17. The maximum atomic E-state index is 12.5. The lowest BCUT2D eigenvalue weighted by Crippen LogP contribution is -2.13. The highest BCUT2D eigenvalue weighted by molar-refractivity contribution is 7.12. The lowest BCUT2D eigenvalue weighted by molar-refractivity contribution is 0.102. The van der Waals surface area contributed by atoms with Gasteiger partial charge in [-0.05, 0) is 24.6 Å². The van der Waals surface area contributed by atoms with Crippen molar-refractivity contribution < 1.29 is 4.79 Å². The van der Waals surface area contributed by atoms with Crippen molar-refractivity contribution in [2.75, 3.05) is 5.32 Å². The van der Waals surface area contributed by atoms with Gasteiger partial charge in [-0.3, -0.25) is 4.79 Å². The third kappa shape index (κ3) is 3.03. The Morgan fingerprint density at radius 1 is 1.45 bits per heavy atom. The molecule has 22 heavy (non-hydrogen) atoms. The highest BCUT2D eigenvalue weighted by Crippen LogP contribution is 2.19. The summed E-state index contributed by atoms with van der Waals surface area (Å²) in [5.41, 5.74) is 1.92. The molecular formula is C15H13ClN4OS. The molecule has 0 fully saturated rings. The maximum absolute atomic E-state index is 12.5. The third-order valence-corrected chi connectivity index (χ3v) is 4.06. The van der Waals surface area contributed by atoms with Crippen LogP contribution < -0.4 is 5.32 Å². The van der Waals surface area contributed by atoms with Gasteiger partial charge in [0.1, 0.15) is 0 Å². The Morgan fingerprint density at radius 3 is 3.00 bits per heavy atom.